The topological polar surface area (TPSA) is 120 Å². The van der Waals surface area contributed by atoms with Gasteiger partial charge in [-0.05, 0) is 24.3 Å². The summed E-state index contributed by atoms with van der Waals surface area (Å²) in [6.45, 7) is 2.49. The molecule has 1 heterocycles. The second-order valence-electron chi connectivity index (χ2n) is 7.53. The van der Waals surface area contributed by atoms with E-state index < -0.39 is 0 Å². The molecule has 160 valence electrons. The molecular formula is C22H30N6O2. The van der Waals surface area contributed by atoms with Gasteiger partial charge in [0.25, 0.3) is 0 Å². The number of aliphatic hydroxyl groups excluding tert-OH is 1. The number of aromatic nitrogens is 2. The normalized spacial score (nSPS) is 13.9. The molecule has 2 aromatic rings. The summed E-state index contributed by atoms with van der Waals surface area (Å²) in [5.41, 5.74) is 7.84. The number of benzene rings is 1. The van der Waals surface area contributed by atoms with Gasteiger partial charge in [-0.1, -0.05) is 43.2 Å². The van der Waals surface area contributed by atoms with Gasteiger partial charge in [-0.25, -0.2) is 0 Å². The highest BCUT2D eigenvalue weighted by molar-refractivity contribution is 5.75. The van der Waals surface area contributed by atoms with E-state index in [1.807, 2.05) is 41.3 Å². The van der Waals surface area contributed by atoms with Crippen molar-refractivity contribution >= 4 is 17.3 Å². The highest BCUT2D eigenvalue weighted by atomic mass is 16.5. The predicted octanol–water partition coefficient (Wildman–Crippen LogP) is 2.55. The molecule has 0 radical (unpaired) electrons. The molecule has 30 heavy (non-hydrogen) atoms. The first kappa shape index (κ1) is 21.8. The molecule has 1 aliphatic carbocycles. The maximum Gasteiger partial charge on any atom is 0.236 e. The third-order valence-corrected chi connectivity index (χ3v) is 5.35. The number of hydrogen-bond acceptors (Lipinski definition) is 8. The minimum Gasteiger partial charge on any atom is -0.395 e. The average molecular weight is 411 g/mol. The minimum atomic E-state index is -0.0607. The van der Waals surface area contributed by atoms with Crippen LogP contribution < -0.4 is 16.0 Å². The fourth-order valence-corrected chi connectivity index (χ4v) is 3.72. The van der Waals surface area contributed by atoms with Crippen molar-refractivity contribution in [3.63, 3.8) is 0 Å². The zero-order valence-corrected chi connectivity index (χ0v) is 17.3. The molecule has 1 fully saturated rings. The fourth-order valence-electron chi connectivity index (χ4n) is 3.72. The number of ether oxygens (including phenoxy) is 1. The van der Waals surface area contributed by atoms with E-state index >= 15 is 0 Å². The molecule has 0 unspecified atom stereocenters. The average Bonchev–Trinajstić information content (AvgIpc) is 3.30. The van der Waals surface area contributed by atoms with Crippen molar-refractivity contribution in [1.29, 1.82) is 5.26 Å². The Morgan fingerprint density at radius 1 is 1.20 bits per heavy atom. The van der Waals surface area contributed by atoms with Crippen molar-refractivity contribution in [2.75, 3.05) is 48.8 Å². The highest BCUT2D eigenvalue weighted by Crippen LogP contribution is 2.29. The fraction of sp³-hybridized carbons (Fsp3) is 0.500. The van der Waals surface area contributed by atoms with E-state index in [1.54, 1.807) is 0 Å². The summed E-state index contributed by atoms with van der Waals surface area (Å²) in [7, 11) is 0. The first-order valence-corrected chi connectivity index (χ1v) is 10.5. The summed E-state index contributed by atoms with van der Waals surface area (Å²) in [5, 5.41) is 22.2. The van der Waals surface area contributed by atoms with E-state index in [2.05, 4.69) is 15.3 Å². The van der Waals surface area contributed by atoms with Gasteiger partial charge in [-0.3, -0.25) is 0 Å². The first-order chi connectivity index (χ1) is 14.7. The minimum absolute atomic E-state index is 0.0567. The van der Waals surface area contributed by atoms with Crippen LogP contribution in [-0.4, -0.2) is 47.9 Å². The van der Waals surface area contributed by atoms with E-state index in [4.69, 9.17) is 10.5 Å². The molecule has 8 nitrogen and oxygen atoms in total. The van der Waals surface area contributed by atoms with Gasteiger partial charge in [0.2, 0.25) is 5.82 Å². The van der Waals surface area contributed by atoms with Crippen LogP contribution in [-0.2, 0) is 11.3 Å². The van der Waals surface area contributed by atoms with Crippen LogP contribution in [0.1, 0.15) is 37.1 Å². The summed E-state index contributed by atoms with van der Waals surface area (Å²) in [6.07, 6.45) is 4.91. The zero-order valence-electron chi connectivity index (χ0n) is 17.3. The smallest absolute Gasteiger partial charge is 0.236 e. The number of nitrogens with one attached hydrogen (secondary N) is 1. The van der Waals surface area contributed by atoms with Gasteiger partial charge in [-0.2, -0.15) is 15.2 Å². The lowest BCUT2D eigenvalue weighted by atomic mass is 10.1. The van der Waals surface area contributed by atoms with E-state index in [9.17, 15) is 10.4 Å². The van der Waals surface area contributed by atoms with E-state index in [0.29, 0.717) is 49.5 Å². The van der Waals surface area contributed by atoms with Gasteiger partial charge in [0.05, 0.1) is 19.8 Å². The van der Waals surface area contributed by atoms with Crippen LogP contribution in [0.5, 0.6) is 0 Å². The molecule has 0 saturated heterocycles. The van der Waals surface area contributed by atoms with E-state index in [1.165, 1.54) is 25.7 Å². The largest absolute Gasteiger partial charge is 0.395 e. The second kappa shape index (κ2) is 11.3. The van der Waals surface area contributed by atoms with Crippen molar-refractivity contribution in [2.45, 2.75) is 32.3 Å². The summed E-state index contributed by atoms with van der Waals surface area (Å²) in [5.74, 6) is 1.60. The van der Waals surface area contributed by atoms with Crippen LogP contribution in [0, 0.1) is 17.2 Å². The van der Waals surface area contributed by atoms with Crippen molar-refractivity contribution in [2.24, 2.45) is 5.92 Å². The molecule has 1 aromatic heterocycles. The summed E-state index contributed by atoms with van der Waals surface area (Å²) in [6, 6.07) is 11.9. The third-order valence-electron chi connectivity index (χ3n) is 5.35. The zero-order chi connectivity index (χ0) is 21.2. The lowest BCUT2D eigenvalue weighted by Crippen LogP contribution is -2.32. The van der Waals surface area contributed by atoms with E-state index in [0.717, 1.165) is 12.1 Å². The first-order valence-electron chi connectivity index (χ1n) is 10.5. The summed E-state index contributed by atoms with van der Waals surface area (Å²) < 4.78 is 5.77. The monoisotopic (exact) mass is 410 g/mol. The Kier molecular flexibility index (Phi) is 8.24. The Morgan fingerprint density at radius 3 is 2.67 bits per heavy atom. The lowest BCUT2D eigenvalue weighted by Gasteiger charge is -2.25. The molecule has 3 rings (SSSR count). The number of anilines is 3. The number of nitriles is 1. The van der Waals surface area contributed by atoms with Crippen LogP contribution in [0.15, 0.2) is 30.3 Å². The Balaban J connectivity index is 1.67. The van der Waals surface area contributed by atoms with Crippen molar-refractivity contribution in [3.8, 4) is 6.07 Å². The van der Waals surface area contributed by atoms with Crippen molar-refractivity contribution in [3.05, 3.63) is 41.7 Å². The van der Waals surface area contributed by atoms with Gasteiger partial charge in [0.15, 0.2) is 11.6 Å². The number of aliphatic hydroxyl groups is 1. The maximum absolute atomic E-state index is 9.52. The van der Waals surface area contributed by atoms with Crippen LogP contribution in [0.3, 0.4) is 0 Å². The van der Waals surface area contributed by atoms with Crippen molar-refractivity contribution in [1.82, 2.24) is 9.97 Å². The molecular weight excluding hydrogens is 380 g/mol. The van der Waals surface area contributed by atoms with Gasteiger partial charge in [-0.15, -0.1) is 0 Å². The number of hydrogen-bond donors (Lipinski definition) is 3. The second-order valence-corrected chi connectivity index (χ2v) is 7.53. The number of nitrogens with two attached hydrogens (primary N) is 1. The van der Waals surface area contributed by atoms with Gasteiger partial charge in [0.1, 0.15) is 11.8 Å². The van der Waals surface area contributed by atoms with Gasteiger partial charge >= 0.3 is 0 Å². The third kappa shape index (κ3) is 6.05. The Bertz CT molecular complexity index is 834. The molecule has 1 aliphatic rings. The predicted molar refractivity (Wildman–Crippen MR) is 117 cm³/mol. The number of nitrogen functional groups attached to an aromatic ring is 1. The number of nitrogens with zero attached hydrogens (tertiary/aromatic N) is 4. The van der Waals surface area contributed by atoms with E-state index in [-0.39, 0.29) is 12.4 Å². The van der Waals surface area contributed by atoms with Crippen LogP contribution in [0.4, 0.5) is 17.3 Å². The maximum atomic E-state index is 9.52. The molecule has 4 N–H and O–H groups in total. The van der Waals surface area contributed by atoms with Crippen LogP contribution in [0.25, 0.3) is 0 Å². The highest BCUT2D eigenvalue weighted by Gasteiger charge is 2.20. The molecule has 0 amide bonds. The van der Waals surface area contributed by atoms with Crippen LogP contribution >= 0.6 is 0 Å². The molecule has 8 heteroatoms. The van der Waals surface area contributed by atoms with Crippen LogP contribution in [0.2, 0.25) is 0 Å². The Labute approximate surface area is 177 Å². The van der Waals surface area contributed by atoms with Crippen molar-refractivity contribution < 1.29 is 9.84 Å². The standard InChI is InChI=1S/C22H30N6O2/c23-14-19-26-21(25-15-17-6-4-5-7-17)20(24)22(27-19)28(10-12-29)11-13-30-16-18-8-2-1-3-9-18/h1-3,8-9,17,29H,4-7,10-13,15-16,24H2,(H,25,26,27). The Hall–Kier alpha value is -2.89. The Morgan fingerprint density at radius 2 is 1.97 bits per heavy atom. The molecule has 1 saturated carbocycles. The quantitative estimate of drug-likeness (QED) is 0.483. The summed E-state index contributed by atoms with van der Waals surface area (Å²) in [4.78, 5) is 10.4. The molecule has 0 bridgehead atoms. The molecule has 1 aromatic carbocycles. The molecule has 0 aliphatic heterocycles. The molecule has 0 spiro atoms. The molecule has 0 atom stereocenters. The van der Waals surface area contributed by atoms with Gasteiger partial charge < -0.3 is 25.8 Å². The number of rotatable bonds is 11. The lowest BCUT2D eigenvalue weighted by molar-refractivity contribution is 0.126. The summed E-state index contributed by atoms with van der Waals surface area (Å²) >= 11 is 0. The SMILES string of the molecule is N#Cc1nc(NCC2CCCC2)c(N)c(N(CCO)CCOCc2ccccc2)n1. The van der Waals surface area contributed by atoms with Gasteiger partial charge in [0, 0.05) is 19.6 Å².